The molecule has 1 rings (SSSR count). The van der Waals surface area contributed by atoms with E-state index in [1.54, 1.807) is 0 Å². The topological polar surface area (TPSA) is 30.3 Å². The van der Waals surface area contributed by atoms with Gasteiger partial charge >= 0.3 is 0 Å². The minimum atomic E-state index is 0.0283. The van der Waals surface area contributed by atoms with Crippen LogP contribution in [0.1, 0.15) is 0 Å². The molecule has 72 valence electrons. The fourth-order valence-corrected chi connectivity index (χ4v) is 1.81. The summed E-state index contributed by atoms with van der Waals surface area (Å²) in [4.78, 5) is 4.33. The van der Waals surface area contributed by atoms with Crippen LogP contribution in [0, 0.1) is 11.3 Å². The molecule has 0 aromatic heterocycles. The second-order valence-corrected chi connectivity index (χ2v) is 4.50. The second-order valence-electron chi connectivity index (χ2n) is 3.38. The molecule has 0 spiro atoms. The zero-order valence-electron chi connectivity index (χ0n) is 7.83. The molecule has 1 atom stereocenters. The van der Waals surface area contributed by atoms with Crippen molar-refractivity contribution in [1.29, 1.82) is 5.26 Å². The van der Waals surface area contributed by atoms with Crippen LogP contribution in [0.2, 0.25) is 0 Å². The maximum absolute atomic E-state index is 8.86. The van der Waals surface area contributed by atoms with E-state index in [2.05, 4.69) is 38.4 Å². The number of likely N-dealkylation sites (N-methyl/N-ethyl adjacent to an activating group) is 1. The van der Waals surface area contributed by atoms with Crippen LogP contribution in [-0.2, 0) is 0 Å². The summed E-state index contributed by atoms with van der Waals surface area (Å²) in [5.41, 5.74) is 0. The normalized spacial score (nSPS) is 25.5. The summed E-state index contributed by atoms with van der Waals surface area (Å²) in [7, 11) is 1.99. The molecule has 1 unspecified atom stereocenters. The van der Waals surface area contributed by atoms with Gasteiger partial charge in [-0.3, -0.25) is 9.80 Å². The summed E-state index contributed by atoms with van der Waals surface area (Å²) in [5, 5.41) is 8.86. The zero-order chi connectivity index (χ0) is 9.84. The van der Waals surface area contributed by atoms with Crippen molar-refractivity contribution >= 4 is 15.9 Å². The quantitative estimate of drug-likeness (QED) is 0.726. The number of piperazine rings is 1. The molecule has 0 aromatic rings. The van der Waals surface area contributed by atoms with Crippen molar-refractivity contribution in [3.8, 4) is 6.07 Å². The van der Waals surface area contributed by atoms with Gasteiger partial charge in [-0.15, -0.1) is 0 Å². The highest BCUT2D eigenvalue weighted by atomic mass is 79.9. The molecule has 1 heterocycles. The molecule has 4 heteroatoms. The van der Waals surface area contributed by atoms with Gasteiger partial charge in [0.25, 0.3) is 0 Å². The van der Waals surface area contributed by atoms with E-state index in [0.717, 1.165) is 30.7 Å². The number of halogens is 1. The fraction of sp³-hybridized carbons (Fsp3) is 0.667. The molecular formula is C9H14BrN3. The summed E-state index contributed by atoms with van der Waals surface area (Å²) >= 11 is 3.33. The molecule has 0 amide bonds. The molecule has 1 aliphatic rings. The van der Waals surface area contributed by atoms with Crippen molar-refractivity contribution in [2.45, 2.75) is 6.04 Å². The number of hydrogen-bond acceptors (Lipinski definition) is 3. The SMILES string of the molecule is C=C(Br)CN1CCN(C)C(C#N)C1. The molecule has 0 aliphatic carbocycles. The van der Waals surface area contributed by atoms with Crippen molar-refractivity contribution < 1.29 is 0 Å². The predicted molar refractivity (Wildman–Crippen MR) is 56.5 cm³/mol. The van der Waals surface area contributed by atoms with E-state index in [1.165, 1.54) is 0 Å². The Hall–Kier alpha value is -0.370. The van der Waals surface area contributed by atoms with Crippen LogP contribution in [0.5, 0.6) is 0 Å². The van der Waals surface area contributed by atoms with Gasteiger partial charge < -0.3 is 0 Å². The molecule has 1 fully saturated rings. The Bertz CT molecular complexity index is 234. The lowest BCUT2D eigenvalue weighted by molar-refractivity contribution is 0.132. The van der Waals surface area contributed by atoms with E-state index in [0.29, 0.717) is 0 Å². The summed E-state index contributed by atoms with van der Waals surface area (Å²) in [6.45, 7) is 7.42. The Kier molecular flexibility index (Phi) is 3.91. The lowest BCUT2D eigenvalue weighted by atomic mass is 10.2. The molecule has 1 aliphatic heterocycles. The third kappa shape index (κ3) is 3.11. The average molecular weight is 244 g/mol. The van der Waals surface area contributed by atoms with Gasteiger partial charge in [-0.2, -0.15) is 5.26 Å². The summed E-state index contributed by atoms with van der Waals surface area (Å²) < 4.78 is 0.980. The van der Waals surface area contributed by atoms with E-state index in [4.69, 9.17) is 5.26 Å². The molecule has 0 saturated carbocycles. The smallest absolute Gasteiger partial charge is 0.110 e. The first kappa shape index (κ1) is 10.7. The molecule has 0 bridgehead atoms. The molecular weight excluding hydrogens is 230 g/mol. The maximum Gasteiger partial charge on any atom is 0.110 e. The monoisotopic (exact) mass is 243 g/mol. The van der Waals surface area contributed by atoms with Gasteiger partial charge in [0.1, 0.15) is 6.04 Å². The van der Waals surface area contributed by atoms with Crippen molar-refractivity contribution in [3.05, 3.63) is 11.1 Å². The van der Waals surface area contributed by atoms with Crippen molar-refractivity contribution in [2.75, 3.05) is 33.2 Å². The number of rotatable bonds is 2. The van der Waals surface area contributed by atoms with E-state index in [-0.39, 0.29) is 6.04 Å². The highest BCUT2D eigenvalue weighted by molar-refractivity contribution is 9.11. The van der Waals surface area contributed by atoms with Gasteiger partial charge in [-0.1, -0.05) is 22.5 Å². The number of hydrogen-bond donors (Lipinski definition) is 0. The first-order valence-electron chi connectivity index (χ1n) is 4.29. The largest absolute Gasteiger partial charge is 0.295 e. The van der Waals surface area contributed by atoms with Crippen LogP contribution in [0.4, 0.5) is 0 Å². The Morgan fingerprint density at radius 2 is 2.38 bits per heavy atom. The van der Waals surface area contributed by atoms with Gasteiger partial charge in [0.2, 0.25) is 0 Å². The van der Waals surface area contributed by atoms with Crippen LogP contribution in [0.15, 0.2) is 11.1 Å². The number of nitrogens with zero attached hydrogens (tertiary/aromatic N) is 3. The van der Waals surface area contributed by atoms with Gasteiger partial charge in [0.15, 0.2) is 0 Å². The van der Waals surface area contributed by atoms with Crippen molar-refractivity contribution in [2.24, 2.45) is 0 Å². The molecule has 1 saturated heterocycles. The second kappa shape index (κ2) is 4.75. The molecule has 3 nitrogen and oxygen atoms in total. The van der Waals surface area contributed by atoms with Crippen molar-refractivity contribution in [1.82, 2.24) is 9.80 Å². The zero-order valence-corrected chi connectivity index (χ0v) is 9.42. The van der Waals surface area contributed by atoms with E-state index in [9.17, 15) is 0 Å². The standard InChI is InChI=1S/C9H14BrN3/c1-8(10)6-13-4-3-12(2)9(5-11)7-13/h9H,1,3-4,6-7H2,2H3. The summed E-state index contributed by atoms with van der Waals surface area (Å²) in [5.74, 6) is 0. The lowest BCUT2D eigenvalue weighted by Gasteiger charge is -2.35. The van der Waals surface area contributed by atoms with Crippen LogP contribution in [-0.4, -0.2) is 49.1 Å². The summed E-state index contributed by atoms with van der Waals surface area (Å²) in [6.07, 6.45) is 0. The van der Waals surface area contributed by atoms with Crippen LogP contribution in [0.3, 0.4) is 0 Å². The highest BCUT2D eigenvalue weighted by Crippen LogP contribution is 2.10. The first-order chi connectivity index (χ1) is 6.13. The Morgan fingerprint density at radius 1 is 1.69 bits per heavy atom. The molecule has 0 aromatic carbocycles. The van der Waals surface area contributed by atoms with Gasteiger partial charge in [0, 0.05) is 30.7 Å². The van der Waals surface area contributed by atoms with E-state index < -0.39 is 0 Å². The minimum Gasteiger partial charge on any atom is -0.295 e. The summed E-state index contributed by atoms with van der Waals surface area (Å²) in [6, 6.07) is 2.32. The maximum atomic E-state index is 8.86. The van der Waals surface area contributed by atoms with Crippen LogP contribution >= 0.6 is 15.9 Å². The van der Waals surface area contributed by atoms with Gasteiger partial charge in [0.05, 0.1) is 6.07 Å². The third-order valence-corrected chi connectivity index (χ3v) is 2.53. The lowest BCUT2D eigenvalue weighted by Crippen LogP contribution is -2.50. The predicted octanol–water partition coefficient (Wildman–Crippen LogP) is 1.03. The Morgan fingerprint density at radius 3 is 2.92 bits per heavy atom. The van der Waals surface area contributed by atoms with Gasteiger partial charge in [-0.05, 0) is 7.05 Å². The van der Waals surface area contributed by atoms with E-state index in [1.807, 2.05) is 7.05 Å². The van der Waals surface area contributed by atoms with E-state index >= 15 is 0 Å². The average Bonchev–Trinajstić information content (AvgIpc) is 2.07. The Labute approximate surface area is 87.7 Å². The van der Waals surface area contributed by atoms with Crippen LogP contribution < -0.4 is 0 Å². The highest BCUT2D eigenvalue weighted by Gasteiger charge is 2.23. The molecule has 13 heavy (non-hydrogen) atoms. The fourth-order valence-electron chi connectivity index (χ4n) is 1.46. The number of nitriles is 1. The van der Waals surface area contributed by atoms with Crippen LogP contribution in [0.25, 0.3) is 0 Å². The van der Waals surface area contributed by atoms with Gasteiger partial charge in [-0.25, -0.2) is 0 Å². The third-order valence-electron chi connectivity index (χ3n) is 2.28. The van der Waals surface area contributed by atoms with Crippen molar-refractivity contribution in [3.63, 3.8) is 0 Å². The Balaban J connectivity index is 2.46. The first-order valence-corrected chi connectivity index (χ1v) is 5.08. The molecule has 0 radical (unpaired) electrons. The minimum absolute atomic E-state index is 0.0283. The molecule has 0 N–H and O–H groups in total.